The molecule has 1 nitrogen and oxygen atoms in total. The molecule has 0 spiro atoms. The first-order valence-corrected chi connectivity index (χ1v) is 14.3. The van der Waals surface area contributed by atoms with E-state index >= 15 is 0 Å². The van der Waals surface area contributed by atoms with E-state index < -0.39 is 6.04 Å². The summed E-state index contributed by atoms with van der Waals surface area (Å²) in [5.74, 6) is 0. The number of hydrogen-bond acceptors (Lipinski definition) is 1. The van der Waals surface area contributed by atoms with E-state index in [4.69, 9.17) is 11.3 Å². The second kappa shape index (κ2) is 9.44. The summed E-state index contributed by atoms with van der Waals surface area (Å²) in [6, 6.07) is 39.1. The number of benzene rings is 8. The SMILES string of the molecule is [2H]c1c([2H])c([2H])c2c(oc3c([2H])c([2H])c(-c4ccccc4)c(-c4c5ccccc5c(-c5ccc6ccccc6c5)c5ccccc45)c32)c1[2H]. The molecular formula is C42H26O. The first-order valence-electron chi connectivity index (χ1n) is 17.3. The molecule has 0 aliphatic carbocycles. The van der Waals surface area contributed by atoms with Gasteiger partial charge >= 0.3 is 0 Å². The van der Waals surface area contributed by atoms with Crippen LogP contribution in [0.4, 0.5) is 0 Å². The summed E-state index contributed by atoms with van der Waals surface area (Å²) in [4.78, 5) is 0. The standard InChI is InChI=1S/C42H26O/c1-2-13-28(14-3-1)31-24-25-38-41(36-20-10-11-21-37(36)43-38)42(31)40-34-18-8-6-16-32(34)39(33-17-7-9-19-35(33)40)30-23-22-27-12-4-5-15-29(27)26-30/h1-26H/i10D,11D,20D,21D,24D,25D. The maximum Gasteiger partial charge on any atom is 0.136 e. The van der Waals surface area contributed by atoms with E-state index in [1.54, 1.807) is 0 Å². The van der Waals surface area contributed by atoms with Gasteiger partial charge in [0.2, 0.25) is 0 Å². The molecule has 0 saturated heterocycles. The van der Waals surface area contributed by atoms with Gasteiger partial charge < -0.3 is 4.42 Å². The smallest absolute Gasteiger partial charge is 0.136 e. The lowest BCUT2D eigenvalue weighted by Gasteiger charge is -2.20. The number of furan rings is 1. The van der Waals surface area contributed by atoms with Gasteiger partial charge in [0.15, 0.2) is 0 Å². The van der Waals surface area contributed by atoms with E-state index in [1.807, 2.05) is 66.7 Å². The second-order valence-electron chi connectivity index (χ2n) is 10.8. The van der Waals surface area contributed by atoms with Gasteiger partial charge in [0, 0.05) is 16.3 Å². The Balaban J connectivity index is 1.55. The minimum Gasteiger partial charge on any atom is -0.456 e. The van der Waals surface area contributed by atoms with Crippen LogP contribution in [0.5, 0.6) is 0 Å². The zero-order valence-corrected chi connectivity index (χ0v) is 23.0. The molecule has 0 aliphatic rings. The topological polar surface area (TPSA) is 13.1 Å². The van der Waals surface area contributed by atoms with E-state index in [0.717, 1.165) is 54.6 Å². The lowest BCUT2D eigenvalue weighted by atomic mass is 9.82. The largest absolute Gasteiger partial charge is 0.456 e. The first-order chi connectivity index (χ1) is 23.8. The summed E-state index contributed by atoms with van der Waals surface area (Å²) in [7, 11) is 0. The van der Waals surface area contributed by atoms with Crippen LogP contribution in [0.1, 0.15) is 8.22 Å². The monoisotopic (exact) mass is 552 g/mol. The van der Waals surface area contributed by atoms with E-state index in [1.165, 1.54) is 0 Å². The fourth-order valence-corrected chi connectivity index (χ4v) is 6.58. The van der Waals surface area contributed by atoms with Crippen LogP contribution < -0.4 is 0 Å². The fraction of sp³-hybridized carbons (Fsp3) is 0. The van der Waals surface area contributed by atoms with Gasteiger partial charge in [-0.1, -0.05) is 139 Å². The molecule has 1 aromatic heterocycles. The molecule has 1 heterocycles. The lowest BCUT2D eigenvalue weighted by Crippen LogP contribution is -1.93. The van der Waals surface area contributed by atoms with Crippen LogP contribution in [0.2, 0.25) is 0 Å². The Hall–Kier alpha value is -5.66. The Morgan fingerprint density at radius 2 is 1.05 bits per heavy atom. The van der Waals surface area contributed by atoms with Gasteiger partial charge in [0.05, 0.1) is 8.22 Å². The Kier molecular flexibility index (Phi) is 4.11. The Morgan fingerprint density at radius 1 is 0.419 bits per heavy atom. The molecule has 0 amide bonds. The van der Waals surface area contributed by atoms with Gasteiger partial charge in [-0.2, -0.15) is 0 Å². The summed E-state index contributed by atoms with van der Waals surface area (Å²) in [5.41, 5.74) is 4.81. The minimum absolute atomic E-state index is 0.0262. The zero-order chi connectivity index (χ0) is 33.6. The van der Waals surface area contributed by atoms with Crippen molar-refractivity contribution in [2.24, 2.45) is 0 Å². The molecule has 0 fully saturated rings. The van der Waals surface area contributed by atoms with Crippen molar-refractivity contribution in [2.75, 3.05) is 0 Å². The minimum atomic E-state index is -0.408. The van der Waals surface area contributed by atoms with Crippen molar-refractivity contribution in [3.8, 4) is 33.4 Å². The van der Waals surface area contributed by atoms with Crippen LogP contribution in [0, 0.1) is 0 Å². The van der Waals surface area contributed by atoms with Gasteiger partial charge in [-0.15, -0.1) is 0 Å². The normalized spacial score (nSPS) is 13.7. The van der Waals surface area contributed by atoms with Crippen LogP contribution in [-0.4, -0.2) is 0 Å². The number of para-hydroxylation sites is 1. The quantitative estimate of drug-likeness (QED) is 0.199. The summed E-state index contributed by atoms with van der Waals surface area (Å²) in [5, 5.41) is 6.70. The highest BCUT2D eigenvalue weighted by molar-refractivity contribution is 6.27. The maximum atomic E-state index is 9.42. The van der Waals surface area contributed by atoms with Gasteiger partial charge in [0.25, 0.3) is 0 Å². The molecule has 43 heavy (non-hydrogen) atoms. The molecule has 0 atom stereocenters. The molecule has 0 saturated carbocycles. The Morgan fingerprint density at radius 3 is 1.79 bits per heavy atom. The van der Waals surface area contributed by atoms with Crippen LogP contribution >= 0.6 is 0 Å². The van der Waals surface area contributed by atoms with Gasteiger partial charge in [-0.05, 0) is 78.3 Å². The van der Waals surface area contributed by atoms with Crippen LogP contribution in [0.25, 0.3) is 87.6 Å². The predicted octanol–water partition coefficient (Wildman–Crippen LogP) is 12.0. The van der Waals surface area contributed by atoms with Crippen molar-refractivity contribution in [1.82, 2.24) is 0 Å². The molecule has 200 valence electrons. The van der Waals surface area contributed by atoms with Crippen molar-refractivity contribution in [1.29, 1.82) is 0 Å². The van der Waals surface area contributed by atoms with Crippen LogP contribution in [0.3, 0.4) is 0 Å². The van der Waals surface area contributed by atoms with Crippen molar-refractivity contribution in [2.45, 2.75) is 0 Å². The molecule has 0 radical (unpaired) electrons. The van der Waals surface area contributed by atoms with E-state index in [2.05, 4.69) is 54.6 Å². The predicted molar refractivity (Wildman–Crippen MR) is 183 cm³/mol. The zero-order valence-electron chi connectivity index (χ0n) is 29.0. The van der Waals surface area contributed by atoms with Gasteiger partial charge in [-0.3, -0.25) is 0 Å². The third-order valence-electron chi connectivity index (χ3n) is 8.42. The third-order valence-corrected chi connectivity index (χ3v) is 8.42. The molecule has 0 bridgehead atoms. The average Bonchev–Trinajstić information content (AvgIpc) is 3.55. The van der Waals surface area contributed by atoms with Gasteiger partial charge in [0.1, 0.15) is 11.2 Å². The third kappa shape index (κ3) is 3.65. The molecule has 0 unspecified atom stereocenters. The molecule has 9 rings (SSSR count). The van der Waals surface area contributed by atoms with Crippen LogP contribution in [0.15, 0.2) is 162 Å². The van der Waals surface area contributed by atoms with Gasteiger partial charge in [-0.25, -0.2) is 0 Å². The summed E-state index contributed by atoms with van der Waals surface area (Å²) >= 11 is 0. The Labute approximate surface area is 257 Å². The molecule has 1 heteroatoms. The maximum absolute atomic E-state index is 9.42. The molecule has 0 aliphatic heterocycles. The molecule has 9 aromatic rings. The second-order valence-corrected chi connectivity index (χ2v) is 10.8. The summed E-state index contributed by atoms with van der Waals surface area (Å²) in [6.45, 7) is 0. The van der Waals surface area contributed by atoms with Crippen molar-refractivity contribution in [3.63, 3.8) is 0 Å². The highest BCUT2D eigenvalue weighted by Gasteiger charge is 2.23. The van der Waals surface area contributed by atoms with Crippen molar-refractivity contribution in [3.05, 3.63) is 158 Å². The van der Waals surface area contributed by atoms with Crippen molar-refractivity contribution >= 4 is 54.3 Å². The summed E-state index contributed by atoms with van der Waals surface area (Å²) < 4.78 is 59.5. The lowest BCUT2D eigenvalue weighted by molar-refractivity contribution is 0.669. The van der Waals surface area contributed by atoms with Crippen LogP contribution in [-0.2, 0) is 0 Å². The van der Waals surface area contributed by atoms with E-state index in [9.17, 15) is 1.37 Å². The number of rotatable bonds is 3. The molecule has 0 N–H and O–H groups in total. The van der Waals surface area contributed by atoms with Crippen molar-refractivity contribution < 1.29 is 12.6 Å². The first kappa shape index (κ1) is 18.7. The number of fused-ring (bicyclic) bond motifs is 6. The molecule has 8 aromatic carbocycles. The average molecular weight is 553 g/mol. The number of hydrogen-bond donors (Lipinski definition) is 0. The summed E-state index contributed by atoms with van der Waals surface area (Å²) in [6.07, 6.45) is 0. The molecular weight excluding hydrogens is 520 g/mol. The Bertz CT molecular complexity index is 2780. The fourth-order valence-electron chi connectivity index (χ4n) is 6.58. The highest BCUT2D eigenvalue weighted by Crippen LogP contribution is 2.50. The highest BCUT2D eigenvalue weighted by atomic mass is 16.3. The van der Waals surface area contributed by atoms with E-state index in [0.29, 0.717) is 16.5 Å². The van der Waals surface area contributed by atoms with E-state index in [-0.39, 0.29) is 46.8 Å².